The average molecular weight is 313 g/mol. The van der Waals surface area contributed by atoms with E-state index in [2.05, 4.69) is 0 Å². The van der Waals surface area contributed by atoms with Crippen LogP contribution in [0.3, 0.4) is 0 Å². The number of benzene rings is 2. The summed E-state index contributed by atoms with van der Waals surface area (Å²) in [5.41, 5.74) is 1.20. The number of rotatable bonds is 5. The summed E-state index contributed by atoms with van der Waals surface area (Å²) in [6.45, 7) is 1.58. The maximum absolute atomic E-state index is 11.8. The molecule has 0 radical (unpaired) electrons. The molecule has 0 amide bonds. The maximum atomic E-state index is 11.8. The fourth-order valence-corrected chi connectivity index (χ4v) is 1.96. The largest absolute Gasteiger partial charge is 0.497 e. The van der Waals surface area contributed by atoms with Gasteiger partial charge in [0.2, 0.25) is 0 Å². The van der Waals surface area contributed by atoms with Gasteiger partial charge in [0.25, 0.3) is 5.69 Å². The highest BCUT2D eigenvalue weighted by molar-refractivity contribution is 5.88. The molecular weight excluding hydrogens is 298 g/mol. The lowest BCUT2D eigenvalue weighted by Gasteiger charge is -2.03. The molecule has 0 saturated carbocycles. The number of methoxy groups -OCH3 is 1. The fourth-order valence-electron chi connectivity index (χ4n) is 1.96. The number of esters is 1. The smallest absolute Gasteiger partial charge is 0.336 e. The van der Waals surface area contributed by atoms with Crippen molar-refractivity contribution in [1.29, 1.82) is 0 Å². The number of hydrogen-bond acceptors (Lipinski definition) is 5. The summed E-state index contributed by atoms with van der Waals surface area (Å²) in [4.78, 5) is 22.1. The molecule has 0 saturated heterocycles. The van der Waals surface area contributed by atoms with Gasteiger partial charge >= 0.3 is 5.97 Å². The first kappa shape index (κ1) is 16.2. The van der Waals surface area contributed by atoms with Crippen LogP contribution in [-0.4, -0.2) is 18.0 Å². The van der Waals surface area contributed by atoms with Gasteiger partial charge in [0.15, 0.2) is 0 Å². The molecule has 118 valence electrons. The van der Waals surface area contributed by atoms with E-state index in [0.717, 1.165) is 5.56 Å². The van der Waals surface area contributed by atoms with E-state index >= 15 is 0 Å². The van der Waals surface area contributed by atoms with Crippen molar-refractivity contribution in [2.45, 2.75) is 6.92 Å². The quantitative estimate of drug-likeness (QED) is 0.277. The van der Waals surface area contributed by atoms with Crippen LogP contribution in [0.15, 0.2) is 48.5 Å². The zero-order chi connectivity index (χ0) is 16.8. The molecule has 2 aromatic rings. The molecule has 0 aliphatic carbocycles. The molecule has 0 unspecified atom stereocenters. The number of hydrogen-bond donors (Lipinski definition) is 0. The summed E-state index contributed by atoms with van der Waals surface area (Å²) in [5, 5.41) is 10.7. The van der Waals surface area contributed by atoms with Gasteiger partial charge in [0.1, 0.15) is 11.5 Å². The standard InChI is InChI=1S/C17H15NO5/c1-12-10-15(7-8-16(12)18(20)21)23-17(19)9-6-13-4-3-5-14(11-13)22-2/h3-11H,1-2H3/b9-6+. The summed E-state index contributed by atoms with van der Waals surface area (Å²) >= 11 is 0. The molecule has 2 rings (SSSR count). The van der Waals surface area contributed by atoms with Crippen molar-refractivity contribution in [2.24, 2.45) is 0 Å². The number of aryl methyl sites for hydroxylation is 1. The van der Waals surface area contributed by atoms with Crippen LogP contribution in [0.2, 0.25) is 0 Å². The van der Waals surface area contributed by atoms with Crippen LogP contribution in [0.25, 0.3) is 6.08 Å². The molecular formula is C17H15NO5. The lowest BCUT2D eigenvalue weighted by Crippen LogP contribution is -2.04. The molecule has 0 heterocycles. The van der Waals surface area contributed by atoms with Gasteiger partial charge in [-0.05, 0) is 42.8 Å². The van der Waals surface area contributed by atoms with Crippen molar-refractivity contribution >= 4 is 17.7 Å². The third-order valence-electron chi connectivity index (χ3n) is 3.09. The van der Waals surface area contributed by atoms with E-state index in [1.165, 1.54) is 24.3 Å². The molecule has 0 aromatic heterocycles. The lowest BCUT2D eigenvalue weighted by molar-refractivity contribution is -0.385. The highest BCUT2D eigenvalue weighted by atomic mass is 16.6. The van der Waals surface area contributed by atoms with E-state index in [0.29, 0.717) is 11.3 Å². The number of ether oxygens (including phenoxy) is 2. The second-order valence-electron chi connectivity index (χ2n) is 4.74. The number of carbonyl (C=O) groups is 1. The molecule has 0 bridgehead atoms. The molecule has 0 atom stereocenters. The van der Waals surface area contributed by atoms with Gasteiger partial charge in [-0.3, -0.25) is 10.1 Å². The molecule has 2 aromatic carbocycles. The van der Waals surface area contributed by atoms with Crippen molar-refractivity contribution in [3.8, 4) is 11.5 Å². The Hall–Kier alpha value is -3.15. The minimum atomic E-state index is -0.568. The summed E-state index contributed by atoms with van der Waals surface area (Å²) in [6, 6.07) is 11.4. The minimum Gasteiger partial charge on any atom is -0.497 e. The van der Waals surface area contributed by atoms with E-state index in [9.17, 15) is 14.9 Å². The lowest BCUT2D eigenvalue weighted by atomic mass is 10.2. The normalized spacial score (nSPS) is 10.5. The van der Waals surface area contributed by atoms with Gasteiger partial charge in [-0.2, -0.15) is 0 Å². The van der Waals surface area contributed by atoms with Gasteiger partial charge in [-0.15, -0.1) is 0 Å². The van der Waals surface area contributed by atoms with Crippen molar-refractivity contribution in [3.05, 3.63) is 69.8 Å². The van der Waals surface area contributed by atoms with Gasteiger partial charge < -0.3 is 9.47 Å². The fraction of sp³-hybridized carbons (Fsp3) is 0.118. The van der Waals surface area contributed by atoms with E-state index < -0.39 is 10.9 Å². The molecule has 0 aliphatic rings. The van der Waals surface area contributed by atoms with E-state index in [1.807, 2.05) is 12.1 Å². The SMILES string of the molecule is COc1cccc(/C=C/C(=O)Oc2ccc([N+](=O)[O-])c(C)c2)c1. The topological polar surface area (TPSA) is 78.7 Å². The Morgan fingerprint density at radius 3 is 2.61 bits per heavy atom. The third-order valence-corrected chi connectivity index (χ3v) is 3.09. The van der Waals surface area contributed by atoms with Gasteiger partial charge in [0, 0.05) is 17.7 Å². The molecule has 0 fully saturated rings. The molecule has 0 spiro atoms. The highest BCUT2D eigenvalue weighted by Crippen LogP contribution is 2.23. The van der Waals surface area contributed by atoms with Crippen LogP contribution >= 0.6 is 0 Å². The molecule has 0 N–H and O–H groups in total. The maximum Gasteiger partial charge on any atom is 0.336 e. The first-order valence-electron chi connectivity index (χ1n) is 6.78. The Morgan fingerprint density at radius 1 is 1.17 bits per heavy atom. The zero-order valence-electron chi connectivity index (χ0n) is 12.7. The molecule has 23 heavy (non-hydrogen) atoms. The second-order valence-corrected chi connectivity index (χ2v) is 4.74. The average Bonchev–Trinajstić information content (AvgIpc) is 2.53. The van der Waals surface area contributed by atoms with Crippen molar-refractivity contribution in [1.82, 2.24) is 0 Å². The molecule has 6 heteroatoms. The van der Waals surface area contributed by atoms with Crippen molar-refractivity contribution in [2.75, 3.05) is 7.11 Å². The number of nitro groups is 1. The van der Waals surface area contributed by atoms with Crippen LogP contribution in [0.1, 0.15) is 11.1 Å². The van der Waals surface area contributed by atoms with Gasteiger partial charge in [-0.1, -0.05) is 12.1 Å². The Morgan fingerprint density at radius 2 is 1.96 bits per heavy atom. The third kappa shape index (κ3) is 4.41. The predicted molar refractivity (Wildman–Crippen MR) is 85.5 cm³/mol. The van der Waals surface area contributed by atoms with Crippen LogP contribution in [0.4, 0.5) is 5.69 Å². The van der Waals surface area contributed by atoms with Crippen LogP contribution in [0.5, 0.6) is 11.5 Å². The zero-order valence-corrected chi connectivity index (χ0v) is 12.7. The van der Waals surface area contributed by atoms with E-state index in [1.54, 1.807) is 32.2 Å². The summed E-state index contributed by atoms with van der Waals surface area (Å²) in [6.07, 6.45) is 2.88. The van der Waals surface area contributed by atoms with Crippen LogP contribution in [0, 0.1) is 17.0 Å². The number of nitro benzene ring substituents is 1. The van der Waals surface area contributed by atoms with Crippen molar-refractivity contribution < 1.29 is 19.2 Å². The summed E-state index contributed by atoms with van der Waals surface area (Å²) in [7, 11) is 1.56. The Kier molecular flexibility index (Phi) is 5.09. The second kappa shape index (κ2) is 7.22. The monoisotopic (exact) mass is 313 g/mol. The Bertz CT molecular complexity index is 767. The summed E-state index contributed by atoms with van der Waals surface area (Å²) < 4.78 is 10.2. The van der Waals surface area contributed by atoms with Crippen LogP contribution < -0.4 is 9.47 Å². The highest BCUT2D eigenvalue weighted by Gasteiger charge is 2.11. The minimum absolute atomic E-state index is 0.0169. The van der Waals surface area contributed by atoms with Gasteiger partial charge in [-0.25, -0.2) is 4.79 Å². The predicted octanol–water partition coefficient (Wildman–Crippen LogP) is 3.53. The Balaban J connectivity index is 2.05. The van der Waals surface area contributed by atoms with Crippen molar-refractivity contribution in [3.63, 3.8) is 0 Å². The van der Waals surface area contributed by atoms with E-state index in [4.69, 9.17) is 9.47 Å². The molecule has 6 nitrogen and oxygen atoms in total. The Labute approximate surface area is 133 Å². The first-order chi connectivity index (χ1) is 11.0. The summed E-state index contributed by atoms with van der Waals surface area (Å²) in [5.74, 6) is 0.376. The van der Waals surface area contributed by atoms with Gasteiger partial charge in [0.05, 0.1) is 12.0 Å². The molecule has 0 aliphatic heterocycles. The number of nitrogens with zero attached hydrogens (tertiary/aromatic N) is 1. The first-order valence-corrected chi connectivity index (χ1v) is 6.78. The van der Waals surface area contributed by atoms with Crippen LogP contribution in [-0.2, 0) is 4.79 Å². The number of carbonyl (C=O) groups excluding carboxylic acids is 1. The van der Waals surface area contributed by atoms with E-state index in [-0.39, 0.29) is 11.4 Å².